The highest BCUT2D eigenvalue weighted by Gasteiger charge is 2.30. The minimum absolute atomic E-state index is 0.239. The van der Waals surface area contributed by atoms with Crippen LogP contribution in [0.5, 0.6) is 0 Å². The first kappa shape index (κ1) is 15.7. The third-order valence-corrected chi connectivity index (χ3v) is 4.50. The monoisotopic (exact) mass is 347 g/mol. The number of carbonyl (C=O) groups excluding carboxylic acids is 1. The van der Waals surface area contributed by atoms with Gasteiger partial charge < -0.3 is 0 Å². The number of carbonyl (C=O) groups is 1. The normalized spacial score (nSPS) is 18.2. The van der Waals surface area contributed by atoms with E-state index < -0.39 is 0 Å². The number of benzene rings is 1. The lowest BCUT2D eigenvalue weighted by atomic mass is 10.2. The van der Waals surface area contributed by atoms with Crippen LogP contribution in [0.1, 0.15) is 5.56 Å². The first-order chi connectivity index (χ1) is 11.1. The number of amidine groups is 1. The molecule has 0 unspecified atom stereocenters. The van der Waals surface area contributed by atoms with Crippen LogP contribution < -0.4 is 0 Å². The van der Waals surface area contributed by atoms with Crippen LogP contribution in [0.3, 0.4) is 0 Å². The summed E-state index contributed by atoms with van der Waals surface area (Å²) in [6.07, 6.45) is 3.08. The maximum atomic E-state index is 13.7. The summed E-state index contributed by atoms with van der Waals surface area (Å²) in [4.78, 5) is 22.4. The summed E-state index contributed by atoms with van der Waals surface area (Å²) in [5.74, 6) is -0.617. The zero-order valence-electron chi connectivity index (χ0n) is 12.0. The van der Waals surface area contributed by atoms with Crippen LogP contribution in [0, 0.1) is 5.82 Å². The number of hydrogen-bond acceptors (Lipinski definition) is 4. The molecule has 0 saturated carbocycles. The van der Waals surface area contributed by atoms with E-state index in [1.165, 1.54) is 28.8 Å². The van der Waals surface area contributed by atoms with Gasteiger partial charge in [-0.2, -0.15) is 0 Å². The smallest absolute Gasteiger partial charge is 0.266 e. The second-order valence-corrected chi connectivity index (χ2v) is 6.07. The van der Waals surface area contributed by atoms with Gasteiger partial charge in [0.05, 0.1) is 4.91 Å². The summed E-state index contributed by atoms with van der Waals surface area (Å²) < 4.78 is 13.7. The Morgan fingerprint density at radius 1 is 1.30 bits per heavy atom. The van der Waals surface area contributed by atoms with Crippen molar-refractivity contribution in [2.24, 2.45) is 4.99 Å². The molecule has 0 bridgehead atoms. The van der Waals surface area contributed by atoms with Crippen LogP contribution in [0.15, 0.2) is 52.5 Å². The Labute approximate surface area is 141 Å². The number of aromatic nitrogens is 1. The maximum absolute atomic E-state index is 13.7. The van der Waals surface area contributed by atoms with Crippen molar-refractivity contribution in [3.8, 4) is 0 Å². The third kappa shape index (κ3) is 3.28. The van der Waals surface area contributed by atoms with E-state index in [1.54, 1.807) is 43.6 Å². The van der Waals surface area contributed by atoms with E-state index in [2.05, 4.69) is 9.98 Å². The second-order valence-electron chi connectivity index (χ2n) is 4.70. The van der Waals surface area contributed by atoms with Gasteiger partial charge in [-0.25, -0.2) is 14.4 Å². The van der Waals surface area contributed by atoms with Gasteiger partial charge >= 0.3 is 0 Å². The predicted molar refractivity (Wildman–Crippen MR) is 91.1 cm³/mol. The number of pyridine rings is 1. The van der Waals surface area contributed by atoms with Crippen molar-refractivity contribution in [3.63, 3.8) is 0 Å². The van der Waals surface area contributed by atoms with Crippen molar-refractivity contribution >= 4 is 46.2 Å². The van der Waals surface area contributed by atoms with Gasteiger partial charge in [0, 0.05) is 18.8 Å². The standard InChI is InChI=1S/C16H11ClFN3OS/c1-21-15(22)13(9-10-5-2-3-6-11(10)18)23-16(21)20-12-7-4-8-19-14(12)17/h2-9H,1H3/b13-9-,20-16?. The first-order valence-corrected chi connectivity index (χ1v) is 7.87. The van der Waals surface area contributed by atoms with Gasteiger partial charge in [-0.1, -0.05) is 29.8 Å². The number of amides is 1. The van der Waals surface area contributed by atoms with Gasteiger partial charge in [0.1, 0.15) is 11.5 Å². The molecule has 1 aliphatic heterocycles. The highest BCUT2D eigenvalue weighted by molar-refractivity contribution is 8.18. The van der Waals surface area contributed by atoms with E-state index in [4.69, 9.17) is 11.6 Å². The zero-order valence-corrected chi connectivity index (χ0v) is 13.6. The van der Waals surface area contributed by atoms with Crippen molar-refractivity contribution in [2.45, 2.75) is 0 Å². The van der Waals surface area contributed by atoms with Crippen molar-refractivity contribution in [1.82, 2.24) is 9.88 Å². The molecule has 0 N–H and O–H groups in total. The fourth-order valence-corrected chi connectivity index (χ4v) is 3.08. The molecule has 1 aliphatic rings. The molecule has 4 nitrogen and oxygen atoms in total. The molecule has 2 aromatic rings. The van der Waals surface area contributed by atoms with Gasteiger partial charge in [-0.15, -0.1) is 0 Å². The fourth-order valence-electron chi connectivity index (χ4n) is 1.95. The lowest BCUT2D eigenvalue weighted by molar-refractivity contribution is -0.121. The highest BCUT2D eigenvalue weighted by atomic mass is 35.5. The van der Waals surface area contributed by atoms with E-state index >= 15 is 0 Å². The topological polar surface area (TPSA) is 45.6 Å². The Kier molecular flexibility index (Phi) is 4.45. The molecular formula is C16H11ClFN3OS. The highest BCUT2D eigenvalue weighted by Crippen LogP contribution is 2.34. The van der Waals surface area contributed by atoms with E-state index in [0.717, 1.165) is 0 Å². The van der Waals surface area contributed by atoms with Gasteiger partial charge in [0.15, 0.2) is 10.3 Å². The summed E-state index contributed by atoms with van der Waals surface area (Å²) in [7, 11) is 1.61. The molecule has 1 aromatic heterocycles. The van der Waals surface area contributed by atoms with Crippen LogP contribution in [0.2, 0.25) is 5.15 Å². The average molecular weight is 348 g/mol. The molecule has 0 atom stereocenters. The van der Waals surface area contributed by atoms with Crippen molar-refractivity contribution < 1.29 is 9.18 Å². The SMILES string of the molecule is CN1C(=O)/C(=C/c2ccccc2F)SC1=Nc1cccnc1Cl. The summed E-state index contributed by atoms with van der Waals surface area (Å²) in [6, 6.07) is 9.70. The number of rotatable bonds is 2. The van der Waals surface area contributed by atoms with Crippen molar-refractivity contribution in [3.05, 3.63) is 64.0 Å². The summed E-state index contributed by atoms with van der Waals surface area (Å²) in [5, 5.41) is 0.723. The lowest BCUT2D eigenvalue weighted by Crippen LogP contribution is -2.23. The van der Waals surface area contributed by atoms with E-state index in [0.29, 0.717) is 21.3 Å². The number of thioether (sulfide) groups is 1. The molecule has 3 rings (SSSR count). The minimum Gasteiger partial charge on any atom is -0.290 e. The summed E-state index contributed by atoms with van der Waals surface area (Å²) in [6.45, 7) is 0. The van der Waals surface area contributed by atoms with E-state index in [-0.39, 0.29) is 16.9 Å². The fraction of sp³-hybridized carbons (Fsp3) is 0.0625. The average Bonchev–Trinajstić information content (AvgIpc) is 2.80. The Hall–Kier alpha value is -2.18. The Morgan fingerprint density at radius 2 is 2.09 bits per heavy atom. The number of halogens is 2. The molecule has 23 heavy (non-hydrogen) atoms. The molecule has 1 saturated heterocycles. The number of nitrogens with zero attached hydrogens (tertiary/aromatic N) is 3. The van der Waals surface area contributed by atoms with Crippen LogP contribution in [-0.2, 0) is 4.79 Å². The molecule has 0 spiro atoms. The van der Waals surface area contributed by atoms with Crippen molar-refractivity contribution in [1.29, 1.82) is 0 Å². The third-order valence-electron chi connectivity index (χ3n) is 3.15. The molecule has 1 aromatic carbocycles. The zero-order chi connectivity index (χ0) is 16.4. The maximum Gasteiger partial charge on any atom is 0.266 e. The first-order valence-electron chi connectivity index (χ1n) is 6.67. The van der Waals surface area contributed by atoms with Gasteiger partial charge in [0.25, 0.3) is 5.91 Å². The predicted octanol–water partition coefficient (Wildman–Crippen LogP) is 4.11. The number of aliphatic imine (C=N–C) groups is 1. The largest absolute Gasteiger partial charge is 0.290 e. The number of hydrogen-bond donors (Lipinski definition) is 0. The molecule has 2 heterocycles. The molecule has 1 fully saturated rings. The Bertz CT molecular complexity index is 838. The second kappa shape index (κ2) is 6.52. The number of likely N-dealkylation sites (N-methyl/N-ethyl adjacent to an activating group) is 1. The van der Waals surface area contributed by atoms with Gasteiger partial charge in [-0.3, -0.25) is 9.69 Å². The molecule has 7 heteroatoms. The summed E-state index contributed by atoms with van der Waals surface area (Å²) >= 11 is 7.15. The quantitative estimate of drug-likeness (QED) is 0.606. The van der Waals surface area contributed by atoms with Crippen LogP contribution in [0.4, 0.5) is 10.1 Å². The Balaban J connectivity index is 1.95. The molecular weight excluding hydrogens is 337 g/mol. The van der Waals surface area contributed by atoms with Crippen LogP contribution in [-0.4, -0.2) is 28.0 Å². The van der Waals surface area contributed by atoms with Gasteiger partial charge in [-0.05, 0) is 36.0 Å². The van der Waals surface area contributed by atoms with Gasteiger partial charge in [0.2, 0.25) is 0 Å². The Morgan fingerprint density at radius 3 is 2.83 bits per heavy atom. The van der Waals surface area contributed by atoms with Crippen LogP contribution in [0.25, 0.3) is 6.08 Å². The van der Waals surface area contributed by atoms with E-state index in [9.17, 15) is 9.18 Å². The summed E-state index contributed by atoms with van der Waals surface area (Å²) in [5.41, 5.74) is 0.834. The van der Waals surface area contributed by atoms with Crippen molar-refractivity contribution in [2.75, 3.05) is 7.05 Å². The van der Waals surface area contributed by atoms with Crippen LogP contribution >= 0.6 is 23.4 Å². The molecule has 0 radical (unpaired) electrons. The minimum atomic E-state index is -0.378. The van der Waals surface area contributed by atoms with E-state index in [1.807, 2.05) is 0 Å². The molecule has 116 valence electrons. The molecule has 0 aliphatic carbocycles. The molecule has 1 amide bonds. The lowest BCUT2D eigenvalue weighted by Gasteiger charge is -2.07.